The van der Waals surface area contributed by atoms with Gasteiger partial charge in [-0.2, -0.15) is 0 Å². The van der Waals surface area contributed by atoms with Crippen LogP contribution in [0.25, 0.3) is 24.3 Å². The topological polar surface area (TPSA) is 63.2 Å². The first-order valence-corrected chi connectivity index (χ1v) is 15.8. The number of H-pyrrole nitrogens is 4. The van der Waals surface area contributed by atoms with Crippen molar-refractivity contribution in [3.05, 3.63) is 87.3 Å². The molecule has 4 N–H and O–H groups in total. The van der Waals surface area contributed by atoms with Gasteiger partial charge in [0.05, 0.1) is 21.4 Å². The van der Waals surface area contributed by atoms with E-state index in [2.05, 4.69) is 99.6 Å². The Labute approximate surface area is 238 Å². The van der Waals surface area contributed by atoms with E-state index < -0.39 is 0 Å². The van der Waals surface area contributed by atoms with Gasteiger partial charge in [-0.3, -0.25) is 0 Å². The fraction of sp³-hybridized carbons (Fsp3) is 0.444. The summed E-state index contributed by atoms with van der Waals surface area (Å²) in [6.07, 6.45) is 17.3. The normalized spacial score (nSPS) is 12.6. The molecule has 5 heterocycles. The molecule has 4 aromatic heterocycles. The van der Waals surface area contributed by atoms with Crippen LogP contribution in [0.15, 0.2) is 0 Å². The van der Waals surface area contributed by atoms with Crippen molar-refractivity contribution in [2.45, 2.75) is 107 Å². The first-order valence-electron chi connectivity index (χ1n) is 15.8. The molecule has 0 radical (unpaired) electrons. The Morgan fingerprint density at radius 2 is 0.475 bits per heavy atom. The van der Waals surface area contributed by atoms with Crippen LogP contribution in [0, 0.1) is 21.4 Å². The van der Waals surface area contributed by atoms with Crippen molar-refractivity contribution in [2.75, 3.05) is 0 Å². The molecule has 1 aliphatic rings. The minimum Gasteiger partial charge on any atom is -0.353 e. The Hall–Kier alpha value is -3.40. The van der Waals surface area contributed by atoms with E-state index in [9.17, 15) is 0 Å². The second kappa shape index (κ2) is 11.6. The SMILES string of the molecule is CCc1c(CC)c2[nH]c1=CC=c1[nH]c(c(CC)c1CC)=c1[nH]c(c(CC)c1CC)=CC=c1[nH]c=2c(CC)c1CC. The molecule has 0 saturated carbocycles. The summed E-state index contributed by atoms with van der Waals surface area (Å²) in [4.78, 5) is 15.6. The molecule has 0 aromatic carbocycles. The van der Waals surface area contributed by atoms with Crippen molar-refractivity contribution >= 4 is 24.3 Å². The minimum absolute atomic E-state index is 1.01. The van der Waals surface area contributed by atoms with Crippen molar-refractivity contribution in [1.29, 1.82) is 0 Å². The van der Waals surface area contributed by atoms with Crippen LogP contribution in [-0.2, 0) is 51.4 Å². The second-order valence-corrected chi connectivity index (χ2v) is 11.0. The predicted molar refractivity (Wildman–Crippen MR) is 170 cm³/mol. The number of nitrogens with one attached hydrogen (secondary N) is 4. The van der Waals surface area contributed by atoms with Gasteiger partial charge in [-0.05, 0) is 120 Å². The van der Waals surface area contributed by atoms with Crippen LogP contribution in [0.2, 0.25) is 0 Å². The molecule has 212 valence electrons. The fourth-order valence-electron chi connectivity index (χ4n) is 7.33. The van der Waals surface area contributed by atoms with Crippen LogP contribution >= 0.6 is 0 Å². The third-order valence-corrected chi connectivity index (χ3v) is 9.17. The van der Waals surface area contributed by atoms with Gasteiger partial charge in [0.25, 0.3) is 0 Å². The average Bonchev–Trinajstić information content (AvgIpc) is 3.71. The number of fused-ring (bicyclic) bond motifs is 8. The van der Waals surface area contributed by atoms with Crippen molar-refractivity contribution in [2.24, 2.45) is 0 Å². The molecule has 0 fully saturated rings. The van der Waals surface area contributed by atoms with E-state index in [1.807, 2.05) is 0 Å². The van der Waals surface area contributed by atoms with E-state index in [1.54, 1.807) is 0 Å². The smallest absolute Gasteiger partial charge is 0.0662 e. The zero-order valence-electron chi connectivity index (χ0n) is 26.0. The van der Waals surface area contributed by atoms with Crippen molar-refractivity contribution < 1.29 is 0 Å². The number of hydrogen-bond donors (Lipinski definition) is 4. The number of aromatic nitrogens is 4. The van der Waals surface area contributed by atoms with Crippen molar-refractivity contribution in [3.63, 3.8) is 0 Å². The predicted octanol–water partition coefficient (Wildman–Crippen LogP) is 4.91. The highest BCUT2D eigenvalue weighted by Crippen LogP contribution is 2.16. The lowest BCUT2D eigenvalue weighted by Gasteiger charge is -1.99. The highest BCUT2D eigenvalue weighted by atomic mass is 14.8. The molecule has 4 aromatic rings. The van der Waals surface area contributed by atoms with Crippen LogP contribution in [0.1, 0.15) is 99.9 Å². The largest absolute Gasteiger partial charge is 0.353 e. The molecule has 0 spiro atoms. The molecule has 1 aliphatic heterocycles. The zero-order chi connectivity index (χ0) is 28.6. The van der Waals surface area contributed by atoms with E-state index in [4.69, 9.17) is 0 Å². The molecular formula is C36H48N4. The van der Waals surface area contributed by atoms with E-state index in [1.165, 1.54) is 87.3 Å². The summed E-state index contributed by atoms with van der Waals surface area (Å²) in [6.45, 7) is 18.3. The van der Waals surface area contributed by atoms with Gasteiger partial charge in [0.15, 0.2) is 0 Å². The molecule has 0 unspecified atom stereocenters. The van der Waals surface area contributed by atoms with Crippen LogP contribution in [-0.4, -0.2) is 19.9 Å². The van der Waals surface area contributed by atoms with Crippen LogP contribution < -0.4 is 21.4 Å². The number of aromatic amines is 4. The molecule has 4 nitrogen and oxygen atoms in total. The van der Waals surface area contributed by atoms with E-state index in [-0.39, 0.29) is 0 Å². The van der Waals surface area contributed by atoms with Crippen LogP contribution in [0.3, 0.4) is 0 Å². The summed E-state index contributed by atoms with van der Waals surface area (Å²) in [5.74, 6) is 0. The van der Waals surface area contributed by atoms with Crippen LogP contribution in [0.4, 0.5) is 0 Å². The van der Waals surface area contributed by atoms with E-state index in [0.29, 0.717) is 0 Å². The van der Waals surface area contributed by atoms with Gasteiger partial charge in [0.2, 0.25) is 0 Å². The molecule has 40 heavy (non-hydrogen) atoms. The van der Waals surface area contributed by atoms with Crippen molar-refractivity contribution in [1.82, 2.24) is 19.9 Å². The maximum absolute atomic E-state index is 3.90. The van der Waals surface area contributed by atoms with Crippen LogP contribution in [0.5, 0.6) is 0 Å². The fourth-order valence-corrected chi connectivity index (χ4v) is 7.33. The number of rotatable bonds is 8. The zero-order valence-corrected chi connectivity index (χ0v) is 26.0. The quantitative estimate of drug-likeness (QED) is 0.247. The summed E-state index contributed by atoms with van der Waals surface area (Å²) < 4.78 is 0. The Morgan fingerprint density at radius 3 is 0.625 bits per heavy atom. The van der Waals surface area contributed by atoms with Gasteiger partial charge in [0.1, 0.15) is 0 Å². The molecular weight excluding hydrogens is 488 g/mol. The monoisotopic (exact) mass is 536 g/mol. The van der Waals surface area contributed by atoms with Gasteiger partial charge < -0.3 is 19.9 Å². The van der Waals surface area contributed by atoms with Gasteiger partial charge in [-0.15, -0.1) is 0 Å². The number of hydrogen-bond acceptors (Lipinski definition) is 0. The van der Waals surface area contributed by atoms with Gasteiger partial charge in [-0.1, -0.05) is 55.4 Å². The first kappa shape index (κ1) is 28.1. The summed E-state index contributed by atoms with van der Waals surface area (Å²) >= 11 is 0. The molecule has 0 aliphatic carbocycles. The van der Waals surface area contributed by atoms with Gasteiger partial charge in [-0.25, -0.2) is 0 Å². The summed E-state index contributed by atoms with van der Waals surface area (Å²) in [6, 6.07) is 0. The molecule has 0 saturated heterocycles. The maximum Gasteiger partial charge on any atom is 0.0662 e. The molecule has 5 rings (SSSR count). The Kier molecular flexibility index (Phi) is 8.16. The van der Waals surface area contributed by atoms with Crippen molar-refractivity contribution in [3.8, 4) is 0 Å². The molecule has 4 heteroatoms. The van der Waals surface area contributed by atoms with Gasteiger partial charge >= 0.3 is 0 Å². The standard InChI is InChI=1S/C36H48N4/c1-9-21-25(13-5)33-34-26(14-6)22(10-2)31(38-34)19-20-32-24(12-4)28(16-8)36(40-32)35-27(15-7)23(11-3)30(39-35)18-17-29(21)37-33/h17-20,37-40H,9-16H2,1-8H3. The van der Waals surface area contributed by atoms with E-state index >= 15 is 0 Å². The Bertz CT molecular complexity index is 1700. The highest BCUT2D eigenvalue weighted by Gasteiger charge is 2.14. The Morgan fingerprint density at radius 1 is 0.300 bits per heavy atom. The molecule has 8 bridgehead atoms. The summed E-state index contributed by atoms with van der Waals surface area (Å²) in [5.41, 5.74) is 11.5. The first-order chi connectivity index (χ1) is 19.5. The lowest BCUT2D eigenvalue weighted by Crippen LogP contribution is -2.11. The Balaban J connectivity index is 2.14. The summed E-state index contributed by atoms with van der Waals surface area (Å²) in [5, 5.41) is 9.98. The van der Waals surface area contributed by atoms with E-state index in [0.717, 1.165) is 51.4 Å². The lowest BCUT2D eigenvalue weighted by atomic mass is 10.0. The average molecular weight is 537 g/mol. The highest BCUT2D eigenvalue weighted by molar-refractivity contribution is 5.63. The third kappa shape index (κ3) is 4.36. The molecule has 0 atom stereocenters. The van der Waals surface area contributed by atoms with Gasteiger partial charge in [0, 0.05) is 21.4 Å². The second-order valence-electron chi connectivity index (χ2n) is 11.0. The summed E-state index contributed by atoms with van der Waals surface area (Å²) in [7, 11) is 0. The maximum atomic E-state index is 3.90. The molecule has 0 amide bonds. The third-order valence-electron chi connectivity index (χ3n) is 9.17. The lowest BCUT2D eigenvalue weighted by molar-refractivity contribution is 1.02. The minimum atomic E-state index is 1.01.